The maximum Gasteiger partial charge on any atom is 0.411 e. The van der Waals surface area contributed by atoms with E-state index < -0.39 is 11.6 Å². The standard InChI is InChI=1S/C30H35ClN2O4/c1-19-7-13-23(14-8-19)32-18-24-15-21-16-26(35-5)27(36-6)17-25(21)28(20-9-11-22(31)12-10-20)33(24)29(34)37-30(2,3)4/h7-14,16-17,24,28,32H,15,18H2,1-6H3/t24-,28-/m0/s1. The Hall–Kier alpha value is -3.38. The first-order valence-corrected chi connectivity index (χ1v) is 12.8. The number of aryl methyl sites for hydroxylation is 1. The first kappa shape index (κ1) is 26.7. The van der Waals surface area contributed by atoms with Gasteiger partial charge in [0.05, 0.1) is 26.3 Å². The fourth-order valence-electron chi connectivity index (χ4n) is 4.71. The third kappa shape index (κ3) is 6.13. The molecule has 0 fully saturated rings. The number of carbonyl (C=O) groups excluding carboxylic acids is 1. The van der Waals surface area contributed by atoms with Gasteiger partial charge in [-0.1, -0.05) is 41.4 Å². The number of carbonyl (C=O) groups is 1. The van der Waals surface area contributed by atoms with E-state index in [1.54, 1.807) is 14.2 Å². The molecule has 37 heavy (non-hydrogen) atoms. The van der Waals surface area contributed by atoms with Crippen LogP contribution in [0.5, 0.6) is 11.5 Å². The van der Waals surface area contributed by atoms with E-state index in [9.17, 15) is 4.79 Å². The summed E-state index contributed by atoms with van der Waals surface area (Å²) in [6, 6.07) is 19.2. The molecule has 196 valence electrons. The minimum absolute atomic E-state index is 0.192. The lowest BCUT2D eigenvalue weighted by Gasteiger charge is -2.44. The van der Waals surface area contributed by atoms with Gasteiger partial charge < -0.3 is 19.5 Å². The third-order valence-electron chi connectivity index (χ3n) is 6.45. The second-order valence-electron chi connectivity index (χ2n) is 10.4. The Balaban J connectivity index is 1.83. The van der Waals surface area contributed by atoms with E-state index in [4.69, 9.17) is 25.8 Å². The highest BCUT2D eigenvalue weighted by atomic mass is 35.5. The Morgan fingerprint density at radius 1 is 1.00 bits per heavy atom. The van der Waals surface area contributed by atoms with Crippen molar-refractivity contribution >= 4 is 23.4 Å². The molecule has 0 saturated heterocycles. The Bertz CT molecular complexity index is 1240. The molecule has 0 bridgehead atoms. The molecule has 0 spiro atoms. The van der Waals surface area contributed by atoms with Gasteiger partial charge in [-0.3, -0.25) is 4.90 Å². The van der Waals surface area contributed by atoms with Gasteiger partial charge >= 0.3 is 6.09 Å². The van der Waals surface area contributed by atoms with E-state index >= 15 is 0 Å². The van der Waals surface area contributed by atoms with Crippen molar-refractivity contribution in [1.82, 2.24) is 4.90 Å². The summed E-state index contributed by atoms with van der Waals surface area (Å²) in [5, 5.41) is 4.16. The Morgan fingerprint density at radius 2 is 1.62 bits per heavy atom. The number of benzene rings is 3. The predicted octanol–water partition coefficient (Wildman–Crippen LogP) is 7.03. The van der Waals surface area contributed by atoms with Gasteiger partial charge in [0.2, 0.25) is 0 Å². The molecule has 7 heteroatoms. The van der Waals surface area contributed by atoms with Gasteiger partial charge in [-0.05, 0) is 87.2 Å². The van der Waals surface area contributed by atoms with E-state index in [-0.39, 0.29) is 12.1 Å². The summed E-state index contributed by atoms with van der Waals surface area (Å²) in [5.74, 6) is 1.27. The number of nitrogens with zero attached hydrogens (tertiary/aromatic N) is 1. The zero-order valence-corrected chi connectivity index (χ0v) is 23.1. The van der Waals surface area contributed by atoms with Crippen molar-refractivity contribution in [2.24, 2.45) is 0 Å². The molecule has 6 nitrogen and oxygen atoms in total. The van der Waals surface area contributed by atoms with E-state index in [0.29, 0.717) is 29.5 Å². The summed E-state index contributed by atoms with van der Waals surface area (Å²) in [6.45, 7) is 8.25. The van der Waals surface area contributed by atoms with Crippen molar-refractivity contribution < 1.29 is 19.0 Å². The Kier molecular flexibility index (Phi) is 7.88. The molecular formula is C30H35ClN2O4. The minimum Gasteiger partial charge on any atom is -0.493 e. The van der Waals surface area contributed by atoms with Gasteiger partial charge in [-0.25, -0.2) is 4.79 Å². The lowest BCUT2D eigenvalue weighted by molar-refractivity contribution is 0.00740. The van der Waals surface area contributed by atoms with Crippen LogP contribution in [0.4, 0.5) is 10.5 Å². The molecule has 0 aliphatic carbocycles. The van der Waals surface area contributed by atoms with Crippen LogP contribution in [0, 0.1) is 6.92 Å². The SMILES string of the molecule is COc1cc2c(cc1OC)[C@H](c1ccc(Cl)cc1)N(C(=O)OC(C)(C)C)[C@H](CNc1ccc(C)cc1)C2. The van der Waals surface area contributed by atoms with Gasteiger partial charge in [-0.2, -0.15) is 0 Å². The summed E-state index contributed by atoms with van der Waals surface area (Å²) in [7, 11) is 3.25. The van der Waals surface area contributed by atoms with Gasteiger partial charge in [0, 0.05) is 17.3 Å². The van der Waals surface area contributed by atoms with Crippen LogP contribution in [0.15, 0.2) is 60.7 Å². The number of ether oxygens (including phenoxy) is 3. The van der Waals surface area contributed by atoms with Crippen LogP contribution < -0.4 is 14.8 Å². The average molecular weight is 523 g/mol. The predicted molar refractivity (Wildman–Crippen MR) is 148 cm³/mol. The van der Waals surface area contributed by atoms with Crippen LogP contribution in [0.2, 0.25) is 5.02 Å². The molecule has 3 aromatic carbocycles. The molecule has 1 aliphatic heterocycles. The normalized spacial score (nSPS) is 17.1. The zero-order chi connectivity index (χ0) is 26.7. The summed E-state index contributed by atoms with van der Waals surface area (Å²) in [5.41, 5.74) is 4.54. The highest BCUT2D eigenvalue weighted by molar-refractivity contribution is 6.30. The number of methoxy groups -OCH3 is 2. The molecule has 0 aromatic heterocycles. The van der Waals surface area contributed by atoms with Crippen LogP contribution in [0.25, 0.3) is 0 Å². The lowest BCUT2D eigenvalue weighted by atomic mass is 9.84. The number of rotatable bonds is 6. The van der Waals surface area contributed by atoms with Crippen molar-refractivity contribution in [3.05, 3.63) is 87.9 Å². The molecule has 3 aromatic rings. The molecule has 4 rings (SSSR count). The topological polar surface area (TPSA) is 60.0 Å². The van der Waals surface area contributed by atoms with E-state index in [2.05, 4.69) is 36.5 Å². The molecule has 1 N–H and O–H groups in total. The van der Waals surface area contributed by atoms with Crippen LogP contribution in [0.3, 0.4) is 0 Å². The van der Waals surface area contributed by atoms with Crippen molar-refractivity contribution in [3.8, 4) is 11.5 Å². The Morgan fingerprint density at radius 3 is 2.22 bits per heavy atom. The van der Waals surface area contributed by atoms with Crippen LogP contribution >= 0.6 is 11.6 Å². The van der Waals surface area contributed by atoms with Gasteiger partial charge in [0.25, 0.3) is 0 Å². The van der Waals surface area contributed by atoms with Crippen molar-refractivity contribution in [1.29, 1.82) is 0 Å². The number of nitrogens with one attached hydrogen (secondary N) is 1. The molecule has 0 radical (unpaired) electrons. The minimum atomic E-state index is -0.644. The quantitative estimate of drug-likeness (QED) is 0.376. The highest BCUT2D eigenvalue weighted by Crippen LogP contribution is 2.43. The largest absolute Gasteiger partial charge is 0.493 e. The molecule has 0 saturated carbocycles. The molecule has 1 amide bonds. The third-order valence-corrected chi connectivity index (χ3v) is 6.70. The van der Waals surface area contributed by atoms with Gasteiger partial charge in [0.1, 0.15) is 5.60 Å². The van der Waals surface area contributed by atoms with E-state index in [1.165, 1.54) is 5.56 Å². The van der Waals surface area contributed by atoms with Gasteiger partial charge in [0.15, 0.2) is 11.5 Å². The number of fused-ring (bicyclic) bond motifs is 1. The van der Waals surface area contributed by atoms with Crippen LogP contribution in [-0.2, 0) is 11.2 Å². The summed E-state index contributed by atoms with van der Waals surface area (Å²) >= 11 is 6.23. The monoisotopic (exact) mass is 522 g/mol. The number of hydrogen-bond acceptors (Lipinski definition) is 5. The summed E-state index contributed by atoms with van der Waals surface area (Å²) in [4.78, 5) is 15.7. The van der Waals surface area contributed by atoms with Gasteiger partial charge in [-0.15, -0.1) is 0 Å². The van der Waals surface area contributed by atoms with E-state index in [1.807, 2.05) is 62.1 Å². The molecule has 0 unspecified atom stereocenters. The molecule has 1 aliphatic rings. The Labute approximate surface area is 224 Å². The lowest BCUT2D eigenvalue weighted by Crippen LogP contribution is -2.52. The summed E-state index contributed by atoms with van der Waals surface area (Å²) in [6.07, 6.45) is 0.251. The molecular weight excluding hydrogens is 488 g/mol. The second kappa shape index (κ2) is 10.9. The first-order chi connectivity index (χ1) is 17.6. The van der Waals surface area contributed by atoms with Crippen LogP contribution in [0.1, 0.15) is 49.1 Å². The maximum atomic E-state index is 13.8. The fraction of sp³-hybridized carbons (Fsp3) is 0.367. The molecule has 1 heterocycles. The maximum absolute atomic E-state index is 13.8. The fourth-order valence-corrected chi connectivity index (χ4v) is 4.84. The number of amides is 1. The smallest absolute Gasteiger partial charge is 0.411 e. The van der Waals surface area contributed by atoms with Crippen molar-refractivity contribution in [2.45, 2.75) is 51.8 Å². The van der Waals surface area contributed by atoms with E-state index in [0.717, 1.165) is 22.4 Å². The van der Waals surface area contributed by atoms with Crippen LogP contribution in [-0.4, -0.2) is 43.4 Å². The number of anilines is 1. The molecule has 2 atom stereocenters. The summed E-state index contributed by atoms with van der Waals surface area (Å²) < 4.78 is 17.2. The number of halogens is 1. The average Bonchev–Trinajstić information content (AvgIpc) is 2.86. The van der Waals surface area contributed by atoms with Crippen molar-refractivity contribution in [3.63, 3.8) is 0 Å². The first-order valence-electron chi connectivity index (χ1n) is 12.4. The highest BCUT2D eigenvalue weighted by Gasteiger charge is 2.41. The second-order valence-corrected chi connectivity index (χ2v) is 10.8. The van der Waals surface area contributed by atoms with Crippen molar-refractivity contribution in [2.75, 3.05) is 26.1 Å². The zero-order valence-electron chi connectivity index (χ0n) is 22.3. The number of hydrogen-bond donors (Lipinski definition) is 1.